The van der Waals surface area contributed by atoms with Crippen LogP contribution in [-0.2, 0) is 15.1 Å². The van der Waals surface area contributed by atoms with Crippen molar-refractivity contribution >= 4 is 29.2 Å². The number of benzene rings is 1. The van der Waals surface area contributed by atoms with E-state index in [1.165, 1.54) is 6.07 Å². The van der Waals surface area contributed by atoms with Crippen molar-refractivity contribution in [3.8, 4) is 0 Å². The van der Waals surface area contributed by atoms with Gasteiger partial charge in [0.15, 0.2) is 5.60 Å². The molecule has 0 saturated carbocycles. The molecule has 3 nitrogen and oxygen atoms in total. The van der Waals surface area contributed by atoms with Crippen LogP contribution in [0.1, 0.15) is 19.4 Å². The summed E-state index contributed by atoms with van der Waals surface area (Å²) in [6.07, 6.45) is 0. The Kier molecular flexibility index (Phi) is 4.25. The molecule has 1 aromatic carbocycles. The van der Waals surface area contributed by atoms with Crippen LogP contribution in [0.2, 0.25) is 10.0 Å². The Hall–Kier alpha value is 0.230. The Morgan fingerprint density at radius 3 is 2.18 bits per heavy atom. The first-order chi connectivity index (χ1) is 7.31. The Labute approximate surface area is 131 Å². The molecule has 1 saturated heterocycles. The van der Waals surface area contributed by atoms with Gasteiger partial charge in [0.1, 0.15) is 5.60 Å². The summed E-state index contributed by atoms with van der Waals surface area (Å²) in [6.45, 7) is 3.37. The predicted octanol–water partition coefficient (Wildman–Crippen LogP) is -1.25. The number of rotatable bonds is 2. The van der Waals surface area contributed by atoms with Gasteiger partial charge in [0.25, 0.3) is 0 Å². The smallest absolute Gasteiger partial charge is 0.546 e. The molecule has 2 rings (SSSR count). The van der Waals surface area contributed by atoms with Crippen molar-refractivity contribution in [1.29, 1.82) is 0 Å². The summed E-state index contributed by atoms with van der Waals surface area (Å²) >= 11 is 11.6. The third-order valence-electron chi connectivity index (χ3n) is 2.83. The van der Waals surface area contributed by atoms with E-state index in [0.29, 0.717) is 15.6 Å². The molecule has 0 radical (unpaired) electrons. The van der Waals surface area contributed by atoms with Crippen LogP contribution in [0.4, 0.5) is 0 Å². The van der Waals surface area contributed by atoms with Crippen molar-refractivity contribution in [3.05, 3.63) is 33.8 Å². The summed E-state index contributed by atoms with van der Waals surface area (Å²) in [6, 6.07) is 4.62. The molecule has 1 aliphatic heterocycles. The molecule has 17 heavy (non-hydrogen) atoms. The topological polar surface area (TPSA) is 52.7 Å². The number of epoxide rings is 1. The number of hydrogen-bond acceptors (Lipinski definition) is 3. The van der Waals surface area contributed by atoms with Crippen molar-refractivity contribution < 1.29 is 44.2 Å². The summed E-state index contributed by atoms with van der Waals surface area (Å²) in [5, 5.41) is 11.9. The van der Waals surface area contributed by atoms with Gasteiger partial charge in [-0.3, -0.25) is 0 Å². The van der Waals surface area contributed by atoms with Crippen LogP contribution in [0.15, 0.2) is 18.2 Å². The van der Waals surface area contributed by atoms with Gasteiger partial charge in [0.05, 0.1) is 16.0 Å². The van der Waals surface area contributed by atoms with E-state index in [4.69, 9.17) is 27.9 Å². The molecule has 1 fully saturated rings. The predicted molar refractivity (Wildman–Crippen MR) is 58.3 cm³/mol. The second kappa shape index (κ2) is 4.72. The molecule has 1 aliphatic rings. The normalized spacial score (nSPS) is 24.9. The Morgan fingerprint density at radius 2 is 1.82 bits per heavy atom. The molecular weight excluding hydrogens is 274 g/mol. The first-order valence-corrected chi connectivity index (χ1v) is 5.44. The van der Waals surface area contributed by atoms with Crippen LogP contribution in [0, 0.1) is 0 Å². The zero-order chi connectivity index (χ0) is 12.1. The van der Waals surface area contributed by atoms with Crippen LogP contribution in [0.3, 0.4) is 0 Å². The molecule has 1 atom stereocenters. The molecule has 0 bridgehead atoms. The van der Waals surface area contributed by atoms with Gasteiger partial charge in [-0.1, -0.05) is 29.3 Å². The number of hydrogen-bond donors (Lipinski definition) is 0. The van der Waals surface area contributed by atoms with Gasteiger partial charge >= 0.3 is 29.6 Å². The Balaban J connectivity index is 0.00000144. The molecule has 1 unspecified atom stereocenters. The number of aliphatic carboxylic acids is 1. The van der Waals surface area contributed by atoms with E-state index in [9.17, 15) is 9.90 Å². The number of ether oxygens (including phenoxy) is 1. The molecule has 0 N–H and O–H groups in total. The van der Waals surface area contributed by atoms with Crippen molar-refractivity contribution in [3.63, 3.8) is 0 Å². The second-order valence-corrected chi connectivity index (χ2v) is 5.02. The molecule has 86 valence electrons. The maximum absolute atomic E-state index is 11.2. The van der Waals surface area contributed by atoms with Crippen LogP contribution < -0.4 is 34.7 Å². The summed E-state index contributed by atoms with van der Waals surface area (Å²) in [7, 11) is 0. The molecule has 1 aromatic rings. The average Bonchev–Trinajstić information content (AvgIpc) is 2.75. The van der Waals surface area contributed by atoms with E-state index >= 15 is 0 Å². The second-order valence-electron chi connectivity index (χ2n) is 4.21. The number of carboxylic acids is 1. The number of carbonyl (C=O) groups is 1. The third-order valence-corrected chi connectivity index (χ3v) is 3.57. The first-order valence-electron chi connectivity index (χ1n) is 4.68. The van der Waals surface area contributed by atoms with Gasteiger partial charge < -0.3 is 14.6 Å². The van der Waals surface area contributed by atoms with Crippen molar-refractivity contribution in [1.82, 2.24) is 0 Å². The average molecular weight is 283 g/mol. The molecule has 0 amide bonds. The van der Waals surface area contributed by atoms with Gasteiger partial charge in [-0.25, -0.2) is 0 Å². The SMILES string of the molecule is CC1(C)OC1(C(=O)[O-])c1ccc(Cl)c(Cl)c1.[Na+]. The van der Waals surface area contributed by atoms with Gasteiger partial charge in [-0.2, -0.15) is 0 Å². The number of carbonyl (C=O) groups excluding carboxylic acids is 1. The molecule has 1 heterocycles. The summed E-state index contributed by atoms with van der Waals surface area (Å²) in [5.74, 6) is -1.27. The fraction of sp³-hybridized carbons (Fsp3) is 0.364. The maximum atomic E-state index is 11.2. The van der Waals surface area contributed by atoms with E-state index in [0.717, 1.165) is 0 Å². The van der Waals surface area contributed by atoms with Crippen molar-refractivity contribution in [2.24, 2.45) is 0 Å². The minimum Gasteiger partial charge on any atom is -0.546 e. The standard InChI is InChI=1S/C11H10Cl2O3.Na/c1-10(2)11(16-10,9(14)15)6-3-4-7(12)8(13)5-6;/h3-5H,1-2H3,(H,14,15);/q;+1/p-1. The van der Waals surface area contributed by atoms with Crippen LogP contribution >= 0.6 is 23.2 Å². The Morgan fingerprint density at radius 1 is 1.29 bits per heavy atom. The number of halogens is 2. The van der Waals surface area contributed by atoms with E-state index in [1.807, 2.05) is 0 Å². The van der Waals surface area contributed by atoms with E-state index < -0.39 is 17.2 Å². The fourth-order valence-corrected chi connectivity index (χ4v) is 2.18. The summed E-state index contributed by atoms with van der Waals surface area (Å²) in [5.41, 5.74) is -1.75. The molecule has 0 aliphatic carbocycles. The van der Waals surface area contributed by atoms with E-state index in [2.05, 4.69) is 0 Å². The molecule has 6 heteroatoms. The monoisotopic (exact) mass is 282 g/mol. The van der Waals surface area contributed by atoms with E-state index in [-0.39, 0.29) is 29.6 Å². The van der Waals surface area contributed by atoms with Crippen molar-refractivity contribution in [2.45, 2.75) is 25.0 Å². The van der Waals surface area contributed by atoms with E-state index in [1.54, 1.807) is 26.0 Å². The molecule has 0 aromatic heterocycles. The summed E-state index contributed by atoms with van der Waals surface area (Å²) in [4.78, 5) is 11.2. The minimum absolute atomic E-state index is 0. The maximum Gasteiger partial charge on any atom is 1.00 e. The summed E-state index contributed by atoms with van der Waals surface area (Å²) < 4.78 is 5.27. The quantitative estimate of drug-likeness (QED) is 0.503. The van der Waals surface area contributed by atoms with Gasteiger partial charge in [-0.05, 0) is 31.5 Å². The van der Waals surface area contributed by atoms with Crippen molar-refractivity contribution in [2.75, 3.05) is 0 Å². The van der Waals surface area contributed by atoms with Gasteiger partial charge in [-0.15, -0.1) is 0 Å². The largest absolute Gasteiger partial charge is 1.00 e. The van der Waals surface area contributed by atoms with Gasteiger partial charge in [0.2, 0.25) is 0 Å². The van der Waals surface area contributed by atoms with Crippen LogP contribution in [0.5, 0.6) is 0 Å². The third kappa shape index (κ3) is 2.25. The fourth-order valence-electron chi connectivity index (χ4n) is 1.88. The zero-order valence-electron chi connectivity index (χ0n) is 9.71. The first kappa shape index (κ1) is 15.3. The van der Waals surface area contributed by atoms with Crippen LogP contribution in [-0.4, -0.2) is 11.6 Å². The molecular formula is C11H9Cl2NaO3. The molecule has 0 spiro atoms. The minimum atomic E-state index is -1.42. The van der Waals surface area contributed by atoms with Gasteiger partial charge in [0, 0.05) is 0 Å². The number of carboxylic acid groups (broad SMARTS) is 1. The van der Waals surface area contributed by atoms with Crippen LogP contribution in [0.25, 0.3) is 0 Å². The zero-order valence-corrected chi connectivity index (χ0v) is 13.2. The Bertz CT molecular complexity index is 476.